The Morgan fingerprint density at radius 2 is 1.80 bits per heavy atom. The molecule has 9 heteroatoms. The van der Waals surface area contributed by atoms with Gasteiger partial charge in [-0.15, -0.1) is 34.2 Å². The molecule has 1 saturated heterocycles. The maximum atomic E-state index is 13.0. The molecule has 2 heterocycles. The SMILES string of the molecule is CCc1nnc(CN=C(N)N2CCN(c3ccc(F)cc3)CC2)s1.I. The van der Waals surface area contributed by atoms with E-state index in [0.717, 1.165) is 48.3 Å². The lowest BCUT2D eigenvalue weighted by Crippen LogP contribution is -2.51. The lowest BCUT2D eigenvalue weighted by molar-refractivity contribution is 0.380. The van der Waals surface area contributed by atoms with E-state index in [-0.39, 0.29) is 29.8 Å². The third kappa shape index (κ3) is 5.24. The van der Waals surface area contributed by atoms with Crippen LogP contribution in [0.25, 0.3) is 0 Å². The molecule has 136 valence electrons. The highest BCUT2D eigenvalue weighted by atomic mass is 127. The van der Waals surface area contributed by atoms with E-state index in [9.17, 15) is 4.39 Å². The molecule has 1 aliphatic rings. The first-order chi connectivity index (χ1) is 11.7. The largest absolute Gasteiger partial charge is 0.370 e. The summed E-state index contributed by atoms with van der Waals surface area (Å²) in [5.74, 6) is 0.332. The number of halogens is 2. The number of piperazine rings is 1. The summed E-state index contributed by atoms with van der Waals surface area (Å²) in [7, 11) is 0. The summed E-state index contributed by atoms with van der Waals surface area (Å²) in [6.07, 6.45) is 0.891. The first-order valence-electron chi connectivity index (χ1n) is 8.02. The van der Waals surface area contributed by atoms with E-state index >= 15 is 0 Å². The van der Waals surface area contributed by atoms with Gasteiger partial charge in [-0.05, 0) is 30.7 Å². The number of aromatic nitrogens is 2. The average molecular weight is 476 g/mol. The van der Waals surface area contributed by atoms with Crippen molar-refractivity contribution in [3.63, 3.8) is 0 Å². The monoisotopic (exact) mass is 476 g/mol. The van der Waals surface area contributed by atoms with Crippen LogP contribution < -0.4 is 10.6 Å². The molecular weight excluding hydrogens is 454 g/mol. The van der Waals surface area contributed by atoms with Gasteiger partial charge in [0.1, 0.15) is 15.8 Å². The minimum atomic E-state index is -0.211. The van der Waals surface area contributed by atoms with Gasteiger partial charge in [0.25, 0.3) is 0 Å². The molecule has 6 nitrogen and oxygen atoms in total. The fraction of sp³-hybridized carbons (Fsp3) is 0.438. The molecule has 0 atom stereocenters. The van der Waals surface area contributed by atoms with Gasteiger partial charge in [-0.1, -0.05) is 18.3 Å². The van der Waals surface area contributed by atoms with Crippen molar-refractivity contribution in [1.82, 2.24) is 15.1 Å². The molecule has 0 saturated carbocycles. The van der Waals surface area contributed by atoms with Gasteiger partial charge in [0.15, 0.2) is 5.96 Å². The Morgan fingerprint density at radius 1 is 1.16 bits per heavy atom. The second-order valence-corrected chi connectivity index (χ2v) is 6.71. The molecule has 0 unspecified atom stereocenters. The summed E-state index contributed by atoms with van der Waals surface area (Å²) in [4.78, 5) is 8.73. The van der Waals surface area contributed by atoms with Gasteiger partial charge < -0.3 is 15.5 Å². The van der Waals surface area contributed by atoms with Crippen LogP contribution in [0.2, 0.25) is 0 Å². The first-order valence-corrected chi connectivity index (χ1v) is 8.84. The van der Waals surface area contributed by atoms with E-state index in [2.05, 4.69) is 31.9 Å². The van der Waals surface area contributed by atoms with Gasteiger partial charge in [0, 0.05) is 31.9 Å². The second kappa shape index (κ2) is 9.27. The molecule has 2 N–H and O–H groups in total. The van der Waals surface area contributed by atoms with E-state index in [1.807, 2.05) is 12.1 Å². The number of hydrogen-bond donors (Lipinski definition) is 1. The predicted molar refractivity (Wildman–Crippen MR) is 110 cm³/mol. The third-order valence-corrected chi connectivity index (χ3v) is 5.04. The Hall–Kier alpha value is -1.49. The van der Waals surface area contributed by atoms with Gasteiger partial charge in [0.2, 0.25) is 0 Å². The molecule has 0 radical (unpaired) electrons. The summed E-state index contributed by atoms with van der Waals surface area (Å²) < 4.78 is 13.0. The van der Waals surface area contributed by atoms with Crippen molar-refractivity contribution in [3.8, 4) is 0 Å². The number of aryl methyl sites for hydroxylation is 1. The Labute approximate surface area is 168 Å². The number of hydrogen-bond acceptors (Lipinski definition) is 5. The number of guanidine groups is 1. The Bertz CT molecular complexity index is 697. The highest BCUT2D eigenvalue weighted by Gasteiger charge is 2.18. The van der Waals surface area contributed by atoms with E-state index in [0.29, 0.717) is 12.5 Å². The van der Waals surface area contributed by atoms with E-state index in [1.165, 1.54) is 12.1 Å². The second-order valence-electron chi connectivity index (χ2n) is 5.57. The first kappa shape index (κ1) is 19.8. The Kier molecular flexibility index (Phi) is 7.36. The number of nitrogens with zero attached hydrogens (tertiary/aromatic N) is 5. The number of anilines is 1. The molecule has 0 bridgehead atoms. The van der Waals surface area contributed by atoms with Gasteiger partial charge >= 0.3 is 0 Å². The van der Waals surface area contributed by atoms with Crippen LogP contribution in [0.3, 0.4) is 0 Å². The van der Waals surface area contributed by atoms with E-state index in [4.69, 9.17) is 5.73 Å². The quantitative estimate of drug-likeness (QED) is 0.417. The number of aliphatic imine (C=N–C) groups is 1. The van der Waals surface area contributed by atoms with Crippen LogP contribution in [-0.2, 0) is 13.0 Å². The van der Waals surface area contributed by atoms with Crippen LogP contribution in [0.5, 0.6) is 0 Å². The van der Waals surface area contributed by atoms with Crippen molar-refractivity contribution in [3.05, 3.63) is 40.1 Å². The van der Waals surface area contributed by atoms with Gasteiger partial charge in [-0.2, -0.15) is 0 Å². The minimum Gasteiger partial charge on any atom is -0.370 e. The molecule has 1 aromatic heterocycles. The van der Waals surface area contributed by atoms with Crippen molar-refractivity contribution >= 4 is 47.0 Å². The zero-order valence-corrected chi connectivity index (χ0v) is 17.2. The normalized spacial score (nSPS) is 15.2. The summed E-state index contributed by atoms with van der Waals surface area (Å²) in [6, 6.07) is 6.60. The van der Waals surface area contributed by atoms with Crippen LogP contribution in [-0.4, -0.2) is 47.2 Å². The van der Waals surface area contributed by atoms with Crippen molar-refractivity contribution in [2.75, 3.05) is 31.1 Å². The lowest BCUT2D eigenvalue weighted by atomic mass is 10.2. The van der Waals surface area contributed by atoms with Crippen LogP contribution in [0.1, 0.15) is 16.9 Å². The summed E-state index contributed by atoms with van der Waals surface area (Å²) in [5, 5.41) is 10.1. The maximum Gasteiger partial charge on any atom is 0.191 e. The zero-order chi connectivity index (χ0) is 16.9. The molecule has 3 rings (SSSR count). The highest BCUT2D eigenvalue weighted by Crippen LogP contribution is 2.17. The van der Waals surface area contributed by atoms with Gasteiger partial charge in [0.05, 0.1) is 6.54 Å². The Balaban J connectivity index is 0.00000225. The topological polar surface area (TPSA) is 70.6 Å². The smallest absolute Gasteiger partial charge is 0.191 e. The molecule has 2 aromatic rings. The van der Waals surface area contributed by atoms with Crippen LogP contribution in [0, 0.1) is 5.82 Å². The molecule has 1 fully saturated rings. The van der Waals surface area contributed by atoms with Crippen LogP contribution in [0.15, 0.2) is 29.3 Å². The standard InChI is InChI=1S/C16H21FN6S.HI/c1-2-14-20-21-15(24-14)11-19-16(18)23-9-7-22(8-10-23)13-5-3-12(17)4-6-13;/h3-6H,2,7-11H2,1H3,(H2,18,19);1H. The summed E-state index contributed by atoms with van der Waals surface area (Å²) in [5.41, 5.74) is 7.14. The molecule has 0 spiro atoms. The molecule has 1 aromatic carbocycles. The summed E-state index contributed by atoms with van der Waals surface area (Å²) in [6.45, 7) is 5.79. The van der Waals surface area contributed by atoms with Crippen LogP contribution >= 0.6 is 35.3 Å². The highest BCUT2D eigenvalue weighted by molar-refractivity contribution is 14.0. The number of rotatable bonds is 4. The van der Waals surface area contributed by atoms with Crippen molar-refractivity contribution < 1.29 is 4.39 Å². The zero-order valence-electron chi connectivity index (χ0n) is 14.1. The fourth-order valence-corrected chi connectivity index (χ4v) is 3.30. The molecule has 1 aliphatic heterocycles. The van der Waals surface area contributed by atoms with Crippen molar-refractivity contribution in [2.45, 2.75) is 19.9 Å². The number of benzene rings is 1. The van der Waals surface area contributed by atoms with Crippen molar-refractivity contribution in [2.24, 2.45) is 10.7 Å². The lowest BCUT2D eigenvalue weighted by Gasteiger charge is -2.36. The molecule has 0 amide bonds. The summed E-state index contributed by atoms with van der Waals surface area (Å²) >= 11 is 1.58. The third-order valence-electron chi connectivity index (χ3n) is 3.98. The van der Waals surface area contributed by atoms with Gasteiger partial charge in [-0.3, -0.25) is 0 Å². The van der Waals surface area contributed by atoms with E-state index in [1.54, 1.807) is 11.3 Å². The minimum absolute atomic E-state index is 0. The predicted octanol–water partition coefficient (Wildman–Crippen LogP) is 2.49. The van der Waals surface area contributed by atoms with Crippen LogP contribution in [0.4, 0.5) is 10.1 Å². The molecular formula is C16H22FIN6S. The Morgan fingerprint density at radius 3 is 2.40 bits per heavy atom. The van der Waals surface area contributed by atoms with Gasteiger partial charge in [-0.25, -0.2) is 9.38 Å². The van der Waals surface area contributed by atoms with Crippen molar-refractivity contribution in [1.29, 1.82) is 0 Å². The van der Waals surface area contributed by atoms with E-state index < -0.39 is 0 Å². The molecule has 0 aliphatic carbocycles. The number of nitrogens with two attached hydrogens (primary N) is 1. The molecule has 25 heavy (non-hydrogen) atoms. The maximum absolute atomic E-state index is 13.0. The average Bonchev–Trinajstić information content (AvgIpc) is 3.09. The fourth-order valence-electron chi connectivity index (χ4n) is 2.59.